The molecule has 0 aliphatic carbocycles. The summed E-state index contributed by atoms with van der Waals surface area (Å²) in [5.74, 6) is 0. The van der Waals surface area contributed by atoms with Crippen molar-refractivity contribution in [2.24, 2.45) is 7.05 Å². The maximum atomic E-state index is 4.42. The molecule has 0 fully saturated rings. The van der Waals surface area contributed by atoms with Gasteiger partial charge in [-0.3, -0.25) is 19.8 Å². The van der Waals surface area contributed by atoms with E-state index in [1.807, 2.05) is 24.8 Å². The number of halogens is 1. The average Bonchev–Trinajstić information content (AvgIpc) is 3.01. The topological polar surface area (TPSA) is 37.2 Å². The zero-order valence-corrected chi connectivity index (χ0v) is 18.1. The van der Waals surface area contributed by atoms with Crippen LogP contribution < -0.4 is 0 Å². The molecule has 0 bridgehead atoms. The van der Waals surface area contributed by atoms with Crippen LogP contribution in [0.3, 0.4) is 0 Å². The highest BCUT2D eigenvalue weighted by atomic mass is 35.5. The third kappa shape index (κ3) is 3.18. The summed E-state index contributed by atoms with van der Waals surface area (Å²) in [6.45, 7) is 2.13. The number of likely N-dealkylation sites (N-methyl/N-ethyl adjacent to an activating group) is 2. The zero-order valence-electron chi connectivity index (χ0n) is 17.2. The molecule has 0 N–H and O–H groups in total. The quantitative estimate of drug-likeness (QED) is 0.650. The number of fused-ring (bicyclic) bond motifs is 3. The van der Waals surface area contributed by atoms with Gasteiger partial charge in [-0.2, -0.15) is 0 Å². The summed E-state index contributed by atoms with van der Waals surface area (Å²) in [7, 11) is 6.74. The van der Waals surface area contributed by atoms with Crippen molar-refractivity contribution in [3.63, 3.8) is 0 Å². The molecular weight excluding hydrogens is 382 g/mol. The minimum atomic E-state index is 0. The van der Waals surface area contributed by atoms with E-state index in [4.69, 9.17) is 0 Å². The van der Waals surface area contributed by atoms with E-state index in [1.165, 1.54) is 33.6 Å². The second kappa shape index (κ2) is 7.90. The number of aromatic nitrogens is 3. The normalized spacial score (nSPS) is 21.9. The van der Waals surface area contributed by atoms with Gasteiger partial charge >= 0.3 is 0 Å². The monoisotopic (exact) mass is 409 g/mol. The molecule has 152 valence electrons. The second-order valence-corrected chi connectivity index (χ2v) is 8.12. The van der Waals surface area contributed by atoms with E-state index in [0.29, 0.717) is 0 Å². The van der Waals surface area contributed by atoms with Crippen LogP contribution in [-0.4, -0.2) is 51.5 Å². The molecule has 0 saturated heterocycles. The SMILES string of the molecule is CN1CCc2c(c3c(n2C)CCN(C)[C@@H]3c2cccnc2)[C@H]1c1cccnc1.Cl. The molecule has 29 heavy (non-hydrogen) atoms. The maximum absolute atomic E-state index is 4.42. The lowest BCUT2D eigenvalue weighted by molar-refractivity contribution is 0.244. The highest BCUT2D eigenvalue weighted by Gasteiger charge is 2.39. The summed E-state index contributed by atoms with van der Waals surface area (Å²) in [6.07, 6.45) is 9.97. The number of nitrogens with zero attached hydrogens (tertiary/aromatic N) is 5. The molecule has 3 aromatic heterocycles. The van der Waals surface area contributed by atoms with Gasteiger partial charge in [0.2, 0.25) is 0 Å². The van der Waals surface area contributed by atoms with Crippen LogP contribution in [0.1, 0.15) is 45.7 Å². The van der Waals surface area contributed by atoms with Crippen molar-refractivity contribution >= 4 is 12.4 Å². The van der Waals surface area contributed by atoms with Gasteiger partial charge in [-0.05, 0) is 37.4 Å². The summed E-state index contributed by atoms with van der Waals surface area (Å²) in [5.41, 5.74) is 8.50. The Morgan fingerprint density at radius 2 is 1.21 bits per heavy atom. The van der Waals surface area contributed by atoms with Crippen LogP contribution in [0.15, 0.2) is 49.1 Å². The van der Waals surface area contributed by atoms with Crippen molar-refractivity contribution in [2.45, 2.75) is 24.9 Å². The molecule has 3 aromatic rings. The Morgan fingerprint density at radius 1 is 0.759 bits per heavy atom. The van der Waals surface area contributed by atoms with E-state index in [9.17, 15) is 0 Å². The number of rotatable bonds is 2. The number of hydrogen-bond donors (Lipinski definition) is 0. The van der Waals surface area contributed by atoms with Gasteiger partial charge in [-0.1, -0.05) is 12.1 Å². The van der Waals surface area contributed by atoms with Gasteiger partial charge in [0.15, 0.2) is 0 Å². The van der Waals surface area contributed by atoms with Gasteiger partial charge in [0.05, 0.1) is 12.1 Å². The van der Waals surface area contributed by atoms with Crippen LogP contribution in [0, 0.1) is 0 Å². The molecule has 0 unspecified atom stereocenters. The Bertz CT molecular complexity index is 907. The molecule has 0 aromatic carbocycles. The Labute approximate surface area is 178 Å². The van der Waals surface area contributed by atoms with E-state index < -0.39 is 0 Å². The number of hydrogen-bond acceptors (Lipinski definition) is 4. The van der Waals surface area contributed by atoms with E-state index in [1.54, 1.807) is 0 Å². The first-order chi connectivity index (χ1) is 13.7. The lowest BCUT2D eigenvalue weighted by Crippen LogP contribution is -2.36. The molecule has 0 amide bonds. The van der Waals surface area contributed by atoms with E-state index in [-0.39, 0.29) is 24.5 Å². The summed E-state index contributed by atoms with van der Waals surface area (Å²) in [6, 6.07) is 9.04. The van der Waals surface area contributed by atoms with E-state index >= 15 is 0 Å². The fourth-order valence-corrected chi connectivity index (χ4v) is 5.23. The minimum Gasteiger partial charge on any atom is -0.351 e. The van der Waals surface area contributed by atoms with Gasteiger partial charge in [-0.15, -0.1) is 12.4 Å². The van der Waals surface area contributed by atoms with Crippen LogP contribution in [0.25, 0.3) is 0 Å². The van der Waals surface area contributed by atoms with Crippen LogP contribution >= 0.6 is 12.4 Å². The van der Waals surface area contributed by atoms with Gasteiger partial charge in [0, 0.05) is 80.3 Å². The van der Waals surface area contributed by atoms with E-state index in [0.717, 1.165) is 25.9 Å². The molecule has 5 heterocycles. The molecule has 0 saturated carbocycles. The van der Waals surface area contributed by atoms with Gasteiger partial charge < -0.3 is 4.57 Å². The Hall–Kier alpha value is -2.21. The zero-order chi connectivity index (χ0) is 19.3. The molecule has 2 aliphatic heterocycles. The molecule has 5 rings (SSSR count). The highest BCUT2D eigenvalue weighted by Crippen LogP contribution is 2.46. The molecule has 0 radical (unpaired) electrons. The van der Waals surface area contributed by atoms with Crippen molar-refractivity contribution in [3.05, 3.63) is 82.7 Å². The summed E-state index contributed by atoms with van der Waals surface area (Å²) >= 11 is 0. The average molecular weight is 410 g/mol. The van der Waals surface area contributed by atoms with Crippen molar-refractivity contribution in [1.82, 2.24) is 24.3 Å². The predicted molar refractivity (Wildman–Crippen MR) is 117 cm³/mol. The van der Waals surface area contributed by atoms with Gasteiger partial charge in [-0.25, -0.2) is 0 Å². The standard InChI is InChI=1S/C23H27N5.ClH/c1-26-12-8-18-20(22(26)16-6-4-10-24-14-16)21-19(28(18)3)9-13-27(2)23(21)17-7-5-11-25-15-17;/h4-7,10-11,14-15,22-23H,8-9,12-13H2,1-3H3;1H/t22-,23-;/m1./s1. The third-order valence-corrected chi connectivity index (χ3v) is 6.55. The molecule has 2 aliphatic rings. The molecule has 0 spiro atoms. The van der Waals surface area contributed by atoms with Crippen molar-refractivity contribution in [2.75, 3.05) is 27.2 Å². The lowest BCUT2D eigenvalue weighted by Gasteiger charge is -2.38. The predicted octanol–water partition coefficient (Wildman–Crippen LogP) is 3.39. The minimum absolute atomic E-state index is 0. The Morgan fingerprint density at radius 3 is 1.59 bits per heavy atom. The van der Waals surface area contributed by atoms with Crippen molar-refractivity contribution < 1.29 is 0 Å². The third-order valence-electron chi connectivity index (χ3n) is 6.55. The van der Waals surface area contributed by atoms with Crippen molar-refractivity contribution in [1.29, 1.82) is 0 Å². The first kappa shape index (κ1) is 20.1. The Balaban J connectivity index is 0.00000205. The molecular formula is C23H28ClN5. The highest BCUT2D eigenvalue weighted by molar-refractivity contribution is 5.85. The van der Waals surface area contributed by atoms with Crippen LogP contribution in [0.4, 0.5) is 0 Å². The fraction of sp³-hybridized carbons (Fsp3) is 0.391. The van der Waals surface area contributed by atoms with Crippen LogP contribution in [0.2, 0.25) is 0 Å². The summed E-state index contributed by atoms with van der Waals surface area (Å²) in [5, 5.41) is 0. The van der Waals surface area contributed by atoms with Crippen molar-refractivity contribution in [3.8, 4) is 0 Å². The van der Waals surface area contributed by atoms with E-state index in [2.05, 4.69) is 69.7 Å². The largest absolute Gasteiger partial charge is 0.351 e. The number of pyridine rings is 2. The Kier molecular flexibility index (Phi) is 5.47. The molecule has 5 nitrogen and oxygen atoms in total. The van der Waals surface area contributed by atoms with Crippen LogP contribution in [-0.2, 0) is 19.9 Å². The first-order valence-corrected chi connectivity index (χ1v) is 10.1. The lowest BCUT2D eigenvalue weighted by atomic mass is 9.84. The molecule has 6 heteroatoms. The van der Waals surface area contributed by atoms with Gasteiger partial charge in [0.25, 0.3) is 0 Å². The smallest absolute Gasteiger partial charge is 0.0636 e. The summed E-state index contributed by atoms with van der Waals surface area (Å²) in [4.78, 5) is 13.8. The second-order valence-electron chi connectivity index (χ2n) is 8.12. The fourth-order valence-electron chi connectivity index (χ4n) is 5.23. The first-order valence-electron chi connectivity index (χ1n) is 10.1. The van der Waals surface area contributed by atoms with Crippen LogP contribution in [0.5, 0.6) is 0 Å². The van der Waals surface area contributed by atoms with Gasteiger partial charge in [0.1, 0.15) is 0 Å². The maximum Gasteiger partial charge on any atom is 0.0636 e. The molecule has 2 atom stereocenters. The summed E-state index contributed by atoms with van der Waals surface area (Å²) < 4.78 is 2.48.